The quantitative estimate of drug-likeness (QED) is 0.143. The summed E-state index contributed by atoms with van der Waals surface area (Å²) in [5.41, 5.74) is 3.77. The van der Waals surface area contributed by atoms with Gasteiger partial charge in [-0.1, -0.05) is 47.7 Å². The number of ether oxygens (including phenoxy) is 3. The van der Waals surface area contributed by atoms with Crippen LogP contribution in [0.5, 0.6) is 17.2 Å². The van der Waals surface area contributed by atoms with Gasteiger partial charge in [-0.25, -0.2) is 0 Å². The van der Waals surface area contributed by atoms with Gasteiger partial charge in [0.1, 0.15) is 23.4 Å². The van der Waals surface area contributed by atoms with Gasteiger partial charge in [-0.2, -0.15) is 0 Å². The molecule has 0 unspecified atom stereocenters. The highest BCUT2D eigenvalue weighted by molar-refractivity contribution is 7.99. The zero-order valence-corrected chi connectivity index (χ0v) is 21.9. The summed E-state index contributed by atoms with van der Waals surface area (Å²) >= 11 is 1.28. The number of hydrogen-bond acceptors (Lipinski definition) is 8. The molecule has 3 aromatic carbocycles. The summed E-state index contributed by atoms with van der Waals surface area (Å²) in [6.07, 6.45) is 0. The van der Waals surface area contributed by atoms with Crippen LogP contribution in [0.15, 0.2) is 71.9 Å². The molecule has 0 amide bonds. The first-order chi connectivity index (χ1) is 17.9. The number of thioether (sulfide) groups is 1. The van der Waals surface area contributed by atoms with Gasteiger partial charge in [-0.05, 0) is 61.4 Å². The molecule has 1 aromatic heterocycles. The van der Waals surface area contributed by atoms with Gasteiger partial charge in [-0.15, -0.1) is 10.2 Å². The van der Waals surface area contributed by atoms with E-state index in [2.05, 4.69) is 10.2 Å². The largest absolute Gasteiger partial charge is 0.497 e. The molecule has 0 aliphatic heterocycles. The lowest BCUT2D eigenvalue weighted by atomic mass is 10.1. The minimum absolute atomic E-state index is 0.300. The number of methoxy groups -OCH3 is 2. The number of nitro groups is 1. The molecular formula is C27H28N4O5S. The molecule has 1 heterocycles. The Morgan fingerprint density at radius 3 is 2.32 bits per heavy atom. The zero-order chi connectivity index (χ0) is 26.4. The Morgan fingerprint density at radius 1 is 0.946 bits per heavy atom. The lowest BCUT2D eigenvalue weighted by Crippen LogP contribution is -2.11. The van der Waals surface area contributed by atoms with Gasteiger partial charge >= 0.3 is 0 Å². The number of rotatable bonds is 11. The third kappa shape index (κ3) is 6.39. The normalized spacial score (nSPS) is 11.7. The minimum Gasteiger partial charge on any atom is -0.497 e. The predicted molar refractivity (Wildman–Crippen MR) is 142 cm³/mol. The first-order valence-corrected chi connectivity index (χ1v) is 12.5. The topological polar surface area (TPSA) is 102 Å². The molecule has 1 atom stereocenters. The molecule has 10 heteroatoms. The van der Waals surface area contributed by atoms with Gasteiger partial charge in [0.25, 0.3) is 0 Å². The van der Waals surface area contributed by atoms with E-state index in [9.17, 15) is 10.1 Å². The molecule has 0 spiro atoms. The summed E-state index contributed by atoms with van der Waals surface area (Å²) < 4.78 is 18.7. The highest BCUT2D eigenvalue weighted by atomic mass is 32.2. The predicted octanol–water partition coefficient (Wildman–Crippen LogP) is 5.59. The van der Waals surface area contributed by atoms with Crippen LogP contribution in [0, 0.1) is 24.0 Å². The van der Waals surface area contributed by atoms with Crippen LogP contribution in [0.2, 0.25) is 0 Å². The van der Waals surface area contributed by atoms with Crippen molar-refractivity contribution >= 4 is 11.8 Å². The molecular weight excluding hydrogens is 492 g/mol. The van der Waals surface area contributed by atoms with E-state index in [1.54, 1.807) is 26.4 Å². The lowest BCUT2D eigenvalue weighted by Gasteiger charge is -2.17. The summed E-state index contributed by atoms with van der Waals surface area (Å²) in [5.74, 6) is 2.47. The van der Waals surface area contributed by atoms with E-state index in [1.165, 1.54) is 17.3 Å². The minimum atomic E-state index is -0.532. The van der Waals surface area contributed by atoms with Crippen LogP contribution in [0.1, 0.15) is 27.8 Å². The van der Waals surface area contributed by atoms with E-state index in [0.717, 1.165) is 22.6 Å². The van der Waals surface area contributed by atoms with E-state index in [1.807, 2.05) is 73.0 Å². The van der Waals surface area contributed by atoms with Crippen molar-refractivity contribution < 1.29 is 19.1 Å². The maximum absolute atomic E-state index is 11.6. The lowest BCUT2D eigenvalue weighted by molar-refractivity contribution is -0.479. The van der Waals surface area contributed by atoms with Gasteiger partial charge < -0.3 is 14.2 Å². The van der Waals surface area contributed by atoms with Crippen LogP contribution in [0.3, 0.4) is 0 Å². The molecule has 0 fully saturated rings. The SMILES string of the molecule is COc1ccc(-n2c(C)nnc2S[C@H](C[N+](=O)[O-])c2ccc(OCc3ccc(C)cc3)c(OC)c2)cc1. The summed E-state index contributed by atoms with van der Waals surface area (Å²) in [4.78, 5) is 11.3. The highest BCUT2D eigenvalue weighted by Gasteiger charge is 2.25. The Bertz CT molecular complexity index is 1360. The fraction of sp³-hybridized carbons (Fsp3) is 0.259. The Balaban J connectivity index is 1.59. The van der Waals surface area contributed by atoms with Crippen LogP contribution in [-0.4, -0.2) is 40.5 Å². The maximum Gasteiger partial charge on any atom is 0.220 e. The van der Waals surface area contributed by atoms with Crippen molar-refractivity contribution in [1.29, 1.82) is 0 Å². The van der Waals surface area contributed by atoms with Gasteiger partial charge in [0.05, 0.1) is 14.2 Å². The number of nitrogens with zero attached hydrogens (tertiary/aromatic N) is 4. The fourth-order valence-electron chi connectivity index (χ4n) is 3.77. The summed E-state index contributed by atoms with van der Waals surface area (Å²) in [6, 6.07) is 21.0. The van der Waals surface area contributed by atoms with E-state index in [-0.39, 0.29) is 11.5 Å². The van der Waals surface area contributed by atoms with Crippen LogP contribution >= 0.6 is 11.8 Å². The van der Waals surface area contributed by atoms with Crippen molar-refractivity contribution in [2.75, 3.05) is 20.8 Å². The van der Waals surface area contributed by atoms with Crippen LogP contribution in [0.25, 0.3) is 5.69 Å². The molecule has 0 radical (unpaired) electrons. The number of aromatic nitrogens is 3. The third-order valence-electron chi connectivity index (χ3n) is 5.76. The Morgan fingerprint density at radius 2 is 1.68 bits per heavy atom. The monoisotopic (exact) mass is 520 g/mol. The van der Waals surface area contributed by atoms with Crippen molar-refractivity contribution in [2.24, 2.45) is 0 Å². The van der Waals surface area contributed by atoms with E-state index in [4.69, 9.17) is 14.2 Å². The number of aryl methyl sites for hydroxylation is 2. The van der Waals surface area contributed by atoms with Crippen molar-refractivity contribution in [3.8, 4) is 22.9 Å². The molecule has 4 rings (SSSR count). The summed E-state index contributed by atoms with van der Waals surface area (Å²) in [5, 5.41) is 20.1. The second kappa shape index (κ2) is 11.8. The van der Waals surface area contributed by atoms with Gasteiger partial charge in [0.15, 0.2) is 16.7 Å². The molecule has 4 aromatic rings. The molecule has 0 saturated carbocycles. The highest BCUT2D eigenvalue weighted by Crippen LogP contribution is 2.39. The molecule has 0 bridgehead atoms. The Labute approximate surface area is 219 Å². The average Bonchev–Trinajstić information content (AvgIpc) is 3.27. The second-order valence-corrected chi connectivity index (χ2v) is 9.54. The summed E-state index contributed by atoms with van der Waals surface area (Å²) in [7, 11) is 3.16. The Hall–Kier alpha value is -4.05. The fourth-order valence-corrected chi connectivity index (χ4v) is 4.93. The zero-order valence-electron chi connectivity index (χ0n) is 21.1. The standard InChI is InChI=1S/C27H28N4O5S/c1-18-5-7-20(8-6-18)17-36-24-14-9-21(15-25(24)35-4)26(16-30(32)33)37-27-29-28-19(2)31(27)22-10-12-23(34-3)13-11-22/h5-15,26H,16-17H2,1-4H3/t26-/m1/s1. The second-order valence-electron chi connectivity index (χ2n) is 8.37. The van der Waals surface area contributed by atoms with Crippen molar-refractivity contribution in [2.45, 2.75) is 30.9 Å². The van der Waals surface area contributed by atoms with E-state index >= 15 is 0 Å². The first-order valence-electron chi connectivity index (χ1n) is 11.6. The third-order valence-corrected chi connectivity index (χ3v) is 6.94. The van der Waals surface area contributed by atoms with Gasteiger partial charge in [-0.3, -0.25) is 14.7 Å². The Kier molecular flexibility index (Phi) is 8.29. The van der Waals surface area contributed by atoms with Crippen molar-refractivity contribution in [1.82, 2.24) is 14.8 Å². The molecule has 0 N–H and O–H groups in total. The number of hydrogen-bond donors (Lipinski definition) is 0. The van der Waals surface area contributed by atoms with Crippen LogP contribution in [0.4, 0.5) is 0 Å². The number of benzene rings is 3. The summed E-state index contributed by atoms with van der Waals surface area (Å²) in [6.45, 7) is 3.96. The molecule has 9 nitrogen and oxygen atoms in total. The smallest absolute Gasteiger partial charge is 0.220 e. The van der Waals surface area contributed by atoms with Crippen molar-refractivity contribution in [3.05, 3.63) is 99.4 Å². The van der Waals surface area contributed by atoms with Gasteiger partial charge in [0, 0.05) is 10.6 Å². The molecule has 0 saturated heterocycles. The molecule has 192 valence electrons. The van der Waals surface area contributed by atoms with E-state index < -0.39 is 5.25 Å². The van der Waals surface area contributed by atoms with E-state index in [0.29, 0.717) is 29.1 Å². The maximum atomic E-state index is 11.6. The van der Waals surface area contributed by atoms with Crippen LogP contribution < -0.4 is 14.2 Å². The molecule has 0 aliphatic rings. The van der Waals surface area contributed by atoms with Crippen molar-refractivity contribution in [3.63, 3.8) is 0 Å². The van der Waals surface area contributed by atoms with Crippen LogP contribution in [-0.2, 0) is 6.61 Å². The average molecular weight is 521 g/mol. The first kappa shape index (κ1) is 26.0. The van der Waals surface area contributed by atoms with Gasteiger partial charge in [0.2, 0.25) is 6.54 Å². The molecule has 37 heavy (non-hydrogen) atoms. The molecule has 0 aliphatic carbocycles.